The number of amidine groups is 1. The molecule has 0 radical (unpaired) electrons. The van der Waals surface area contributed by atoms with Gasteiger partial charge in [0.2, 0.25) is 0 Å². The van der Waals surface area contributed by atoms with Crippen molar-refractivity contribution in [1.29, 1.82) is 0 Å². The summed E-state index contributed by atoms with van der Waals surface area (Å²) >= 11 is 0. The second kappa shape index (κ2) is 7.43. The molecule has 0 aromatic heterocycles. The number of hydrogen-bond acceptors (Lipinski definition) is 4. The van der Waals surface area contributed by atoms with Gasteiger partial charge >= 0.3 is 6.03 Å². The van der Waals surface area contributed by atoms with Gasteiger partial charge in [-0.05, 0) is 57.5 Å². The number of para-hydroxylation sites is 1. The first-order valence-corrected chi connectivity index (χ1v) is 10.1. The fraction of sp³-hybridized carbons (Fsp3) is 0.391. The summed E-state index contributed by atoms with van der Waals surface area (Å²) in [4.78, 5) is 21.6. The molecule has 2 aliphatic heterocycles. The van der Waals surface area contributed by atoms with E-state index in [2.05, 4.69) is 10.2 Å². The number of benzene rings is 2. The molecule has 4 rings (SSSR count). The number of aliphatic imine (C=N–C) groups is 1. The highest BCUT2D eigenvalue weighted by atomic mass is 16.5. The Labute approximate surface area is 172 Å². The smallest absolute Gasteiger partial charge is 0.317 e. The number of ether oxygens (including phenoxy) is 1. The molecule has 1 saturated heterocycles. The topological polar surface area (TPSA) is 57.2 Å². The number of fused-ring (bicyclic) bond motifs is 2. The summed E-state index contributed by atoms with van der Waals surface area (Å²) in [6.07, 6.45) is 0. The van der Waals surface area contributed by atoms with Crippen LogP contribution < -0.4 is 10.1 Å². The van der Waals surface area contributed by atoms with Crippen molar-refractivity contribution in [3.05, 3.63) is 53.6 Å². The fourth-order valence-corrected chi connectivity index (χ4v) is 3.59. The predicted molar refractivity (Wildman–Crippen MR) is 115 cm³/mol. The Bertz CT molecular complexity index is 954. The average Bonchev–Trinajstić information content (AvgIpc) is 2.83. The molecule has 2 heterocycles. The molecule has 2 aromatic rings. The van der Waals surface area contributed by atoms with Crippen LogP contribution in [0, 0.1) is 6.92 Å². The van der Waals surface area contributed by atoms with Crippen molar-refractivity contribution in [1.82, 2.24) is 15.1 Å². The maximum Gasteiger partial charge on any atom is 0.317 e. The quantitative estimate of drug-likeness (QED) is 0.727. The Morgan fingerprint density at radius 3 is 2.48 bits per heavy atom. The third kappa shape index (κ3) is 4.21. The van der Waals surface area contributed by atoms with Crippen molar-refractivity contribution in [2.24, 2.45) is 4.99 Å². The number of aryl methyl sites for hydroxylation is 1. The Morgan fingerprint density at radius 1 is 1.03 bits per heavy atom. The Balaban J connectivity index is 1.59. The van der Waals surface area contributed by atoms with Crippen LogP contribution in [0.25, 0.3) is 0 Å². The van der Waals surface area contributed by atoms with Gasteiger partial charge in [0, 0.05) is 31.7 Å². The molecule has 0 bridgehead atoms. The largest absolute Gasteiger partial charge is 0.454 e. The lowest BCUT2D eigenvalue weighted by Gasteiger charge is -2.37. The summed E-state index contributed by atoms with van der Waals surface area (Å²) in [6.45, 7) is 10.8. The van der Waals surface area contributed by atoms with Crippen LogP contribution in [0.3, 0.4) is 0 Å². The van der Waals surface area contributed by atoms with Crippen molar-refractivity contribution in [3.8, 4) is 11.5 Å². The first-order chi connectivity index (χ1) is 13.8. The van der Waals surface area contributed by atoms with Crippen molar-refractivity contribution in [2.75, 3.05) is 26.2 Å². The molecular formula is C23H28N4O2. The molecule has 2 aliphatic rings. The molecule has 2 amide bonds. The number of nitrogens with one attached hydrogen (secondary N) is 1. The van der Waals surface area contributed by atoms with Gasteiger partial charge in [-0.2, -0.15) is 0 Å². The lowest BCUT2D eigenvalue weighted by molar-refractivity contribution is 0.162. The lowest BCUT2D eigenvalue weighted by Crippen LogP contribution is -2.56. The van der Waals surface area contributed by atoms with Crippen LogP contribution in [0.1, 0.15) is 31.9 Å². The Morgan fingerprint density at radius 2 is 1.76 bits per heavy atom. The molecule has 0 saturated carbocycles. The van der Waals surface area contributed by atoms with E-state index in [1.54, 1.807) is 0 Å². The molecule has 0 atom stereocenters. The highest BCUT2D eigenvalue weighted by molar-refractivity contribution is 6.03. The summed E-state index contributed by atoms with van der Waals surface area (Å²) in [5.74, 6) is 2.48. The summed E-state index contributed by atoms with van der Waals surface area (Å²) in [5.41, 5.74) is 2.71. The van der Waals surface area contributed by atoms with E-state index in [1.165, 1.54) is 0 Å². The predicted octanol–water partition coefficient (Wildman–Crippen LogP) is 4.30. The minimum Gasteiger partial charge on any atom is -0.454 e. The van der Waals surface area contributed by atoms with Gasteiger partial charge < -0.3 is 19.9 Å². The van der Waals surface area contributed by atoms with E-state index < -0.39 is 0 Å². The zero-order chi connectivity index (χ0) is 20.6. The molecule has 0 unspecified atom stereocenters. The number of carbonyl (C=O) groups is 1. The standard InChI is InChI=1S/C23H28N4O2/c1-16-9-10-18-20(15-16)29-19-8-6-5-7-17(19)21(24-18)26-11-13-27(14-12-26)22(28)25-23(2,3)4/h5-10,15H,11-14H2,1-4H3,(H,25,28). The number of nitrogens with zero attached hydrogens (tertiary/aromatic N) is 3. The SMILES string of the molecule is Cc1ccc2c(c1)Oc1ccccc1C(N1CCN(C(=O)NC(C)(C)C)CC1)=N2. The number of hydrogen-bond donors (Lipinski definition) is 1. The first-order valence-electron chi connectivity index (χ1n) is 10.1. The molecule has 152 valence electrons. The summed E-state index contributed by atoms with van der Waals surface area (Å²) < 4.78 is 6.20. The second-order valence-electron chi connectivity index (χ2n) is 8.66. The molecule has 1 fully saturated rings. The van der Waals surface area contributed by atoms with Gasteiger partial charge in [0.05, 0.1) is 5.56 Å². The molecule has 2 aromatic carbocycles. The van der Waals surface area contributed by atoms with Crippen molar-refractivity contribution in [2.45, 2.75) is 33.2 Å². The van der Waals surface area contributed by atoms with Gasteiger partial charge in [-0.1, -0.05) is 18.2 Å². The van der Waals surface area contributed by atoms with E-state index in [1.807, 2.05) is 75.1 Å². The van der Waals surface area contributed by atoms with E-state index in [0.717, 1.165) is 47.2 Å². The Hall–Kier alpha value is -3.02. The maximum atomic E-state index is 12.5. The van der Waals surface area contributed by atoms with E-state index in [4.69, 9.17) is 9.73 Å². The molecular weight excluding hydrogens is 364 g/mol. The molecule has 6 heteroatoms. The third-order valence-corrected chi connectivity index (χ3v) is 5.04. The van der Waals surface area contributed by atoms with Crippen LogP contribution in [0.5, 0.6) is 11.5 Å². The van der Waals surface area contributed by atoms with Gasteiger partial charge in [0.1, 0.15) is 17.3 Å². The highest BCUT2D eigenvalue weighted by Gasteiger charge is 2.28. The number of amides is 2. The average molecular weight is 393 g/mol. The van der Waals surface area contributed by atoms with Gasteiger partial charge in [0.15, 0.2) is 5.75 Å². The zero-order valence-electron chi connectivity index (χ0n) is 17.5. The third-order valence-electron chi connectivity index (χ3n) is 5.04. The summed E-state index contributed by atoms with van der Waals surface area (Å²) in [6, 6.07) is 14.1. The molecule has 29 heavy (non-hydrogen) atoms. The highest BCUT2D eigenvalue weighted by Crippen LogP contribution is 2.38. The van der Waals surface area contributed by atoms with E-state index in [0.29, 0.717) is 13.1 Å². The second-order valence-corrected chi connectivity index (χ2v) is 8.66. The molecule has 0 spiro atoms. The van der Waals surface area contributed by atoms with Crippen LogP contribution >= 0.6 is 0 Å². The first kappa shape index (κ1) is 19.3. The minimum absolute atomic E-state index is 0.00971. The van der Waals surface area contributed by atoms with Crippen LogP contribution in [-0.4, -0.2) is 53.4 Å². The fourth-order valence-electron chi connectivity index (χ4n) is 3.59. The van der Waals surface area contributed by atoms with Gasteiger partial charge in [-0.15, -0.1) is 0 Å². The van der Waals surface area contributed by atoms with Crippen LogP contribution in [-0.2, 0) is 0 Å². The number of piperazine rings is 1. The van der Waals surface area contributed by atoms with E-state index >= 15 is 0 Å². The van der Waals surface area contributed by atoms with Gasteiger partial charge in [-0.25, -0.2) is 9.79 Å². The van der Waals surface area contributed by atoms with Crippen LogP contribution in [0.4, 0.5) is 10.5 Å². The number of urea groups is 1. The monoisotopic (exact) mass is 392 g/mol. The lowest BCUT2D eigenvalue weighted by atomic mass is 10.1. The van der Waals surface area contributed by atoms with Crippen molar-refractivity contribution >= 4 is 17.6 Å². The molecule has 0 aliphatic carbocycles. The molecule has 6 nitrogen and oxygen atoms in total. The normalized spacial score (nSPS) is 16.2. The zero-order valence-corrected chi connectivity index (χ0v) is 17.5. The number of carbonyl (C=O) groups excluding carboxylic acids is 1. The minimum atomic E-state index is -0.238. The van der Waals surface area contributed by atoms with E-state index in [9.17, 15) is 4.79 Å². The van der Waals surface area contributed by atoms with Crippen molar-refractivity contribution < 1.29 is 9.53 Å². The number of rotatable bonds is 0. The maximum absolute atomic E-state index is 12.5. The van der Waals surface area contributed by atoms with E-state index in [-0.39, 0.29) is 11.6 Å². The van der Waals surface area contributed by atoms with Gasteiger partial charge in [-0.3, -0.25) is 0 Å². The summed E-state index contributed by atoms with van der Waals surface area (Å²) in [5, 5.41) is 3.05. The van der Waals surface area contributed by atoms with Crippen molar-refractivity contribution in [3.63, 3.8) is 0 Å². The summed E-state index contributed by atoms with van der Waals surface area (Å²) in [7, 11) is 0. The van der Waals surface area contributed by atoms with Gasteiger partial charge in [0.25, 0.3) is 0 Å². The van der Waals surface area contributed by atoms with Crippen LogP contribution in [0.2, 0.25) is 0 Å². The molecule has 1 N–H and O–H groups in total. The van der Waals surface area contributed by atoms with Crippen LogP contribution in [0.15, 0.2) is 47.5 Å². The Kier molecular flexibility index (Phi) is 4.94.